The van der Waals surface area contributed by atoms with E-state index >= 15 is 8.78 Å². The van der Waals surface area contributed by atoms with Crippen molar-refractivity contribution in [3.05, 3.63) is 45.7 Å². The Morgan fingerprint density at radius 1 is 0.491 bits per heavy atom. The lowest BCUT2D eigenvalue weighted by molar-refractivity contribution is 0.400. The Labute approximate surface area is 355 Å². The molecule has 3 aromatic heterocycles. The molecule has 0 amide bonds. The van der Waals surface area contributed by atoms with Gasteiger partial charge in [-0.1, -0.05) is 195 Å². The standard InChI is InChI=1S/C50H79F2N3S2/c1-5-9-13-16-19-21-22-24-27-30-33-41-36-43(56-38-41)45-47(51)48(52)46(50-49(45)53-55(54-50)34-12-8-4)44-37-42(39-57-44)35-40(31-28-25-18-15-11-7-3)32-29-26-23-20-17-14-10-6-2/h36-40H,5-35H2,1-4H3. The van der Waals surface area contributed by atoms with Crippen molar-refractivity contribution < 1.29 is 8.78 Å². The van der Waals surface area contributed by atoms with Crippen LogP contribution in [0.15, 0.2) is 22.9 Å². The van der Waals surface area contributed by atoms with Crippen molar-refractivity contribution in [2.24, 2.45) is 5.92 Å². The van der Waals surface area contributed by atoms with Gasteiger partial charge >= 0.3 is 0 Å². The first-order valence-corrected chi connectivity index (χ1v) is 25.7. The first-order chi connectivity index (χ1) is 28.0. The van der Waals surface area contributed by atoms with Crippen LogP contribution in [-0.2, 0) is 19.4 Å². The fourth-order valence-electron chi connectivity index (χ4n) is 8.49. The van der Waals surface area contributed by atoms with Gasteiger partial charge in [0.1, 0.15) is 11.0 Å². The molecule has 4 aromatic rings. The number of aryl methyl sites for hydroxylation is 2. The second-order valence-corrected chi connectivity index (χ2v) is 19.0. The molecule has 0 aliphatic carbocycles. The number of nitrogens with zero attached hydrogens (tertiary/aromatic N) is 3. The van der Waals surface area contributed by atoms with Crippen molar-refractivity contribution in [3.63, 3.8) is 0 Å². The number of fused-ring (bicyclic) bond motifs is 1. The monoisotopic (exact) mass is 824 g/mol. The second-order valence-electron chi connectivity index (χ2n) is 17.2. The number of rotatable bonds is 34. The molecule has 57 heavy (non-hydrogen) atoms. The van der Waals surface area contributed by atoms with E-state index < -0.39 is 11.6 Å². The molecule has 0 saturated carbocycles. The summed E-state index contributed by atoms with van der Waals surface area (Å²) < 4.78 is 33.0. The Morgan fingerprint density at radius 2 is 0.877 bits per heavy atom. The molecule has 0 saturated heterocycles. The van der Waals surface area contributed by atoms with Crippen molar-refractivity contribution in [3.8, 4) is 20.9 Å². The predicted molar refractivity (Wildman–Crippen MR) is 247 cm³/mol. The van der Waals surface area contributed by atoms with Gasteiger partial charge in [-0.15, -0.1) is 22.7 Å². The Bertz CT molecular complexity index is 1640. The van der Waals surface area contributed by atoms with Crippen molar-refractivity contribution in [1.29, 1.82) is 0 Å². The van der Waals surface area contributed by atoms with E-state index in [1.165, 1.54) is 194 Å². The molecule has 0 fully saturated rings. The molecule has 3 heterocycles. The topological polar surface area (TPSA) is 30.7 Å². The Kier molecular flexibility index (Phi) is 23.7. The number of unbranched alkanes of at least 4 members (excludes halogenated alkanes) is 22. The summed E-state index contributed by atoms with van der Waals surface area (Å²) in [5.74, 6) is -0.954. The number of hydrogen-bond acceptors (Lipinski definition) is 4. The lowest BCUT2D eigenvalue weighted by atomic mass is 9.89. The Balaban J connectivity index is 1.46. The minimum Gasteiger partial charge on any atom is -0.203 e. The zero-order valence-corrected chi connectivity index (χ0v) is 38.4. The van der Waals surface area contributed by atoms with E-state index in [0.29, 0.717) is 23.5 Å². The van der Waals surface area contributed by atoms with Gasteiger partial charge in [0, 0.05) is 9.75 Å². The fraction of sp³-hybridized carbons (Fsp3) is 0.720. The van der Waals surface area contributed by atoms with Gasteiger partial charge in [0.25, 0.3) is 0 Å². The van der Waals surface area contributed by atoms with Crippen LogP contribution in [0.4, 0.5) is 8.78 Å². The quantitative estimate of drug-likeness (QED) is 0.0439. The van der Waals surface area contributed by atoms with Crippen LogP contribution in [0.2, 0.25) is 0 Å². The number of halogens is 2. The minimum absolute atomic E-state index is 0.273. The predicted octanol–water partition coefficient (Wildman–Crippen LogP) is 17.9. The van der Waals surface area contributed by atoms with Gasteiger partial charge in [-0.3, -0.25) is 0 Å². The van der Waals surface area contributed by atoms with Crippen LogP contribution >= 0.6 is 22.7 Å². The summed E-state index contributed by atoms with van der Waals surface area (Å²) in [4.78, 5) is 3.18. The van der Waals surface area contributed by atoms with Crippen molar-refractivity contribution >= 4 is 33.7 Å². The normalized spacial score (nSPS) is 12.4. The van der Waals surface area contributed by atoms with E-state index in [9.17, 15) is 0 Å². The van der Waals surface area contributed by atoms with Gasteiger partial charge in [0.2, 0.25) is 0 Å². The van der Waals surface area contributed by atoms with Crippen LogP contribution in [0.1, 0.15) is 219 Å². The fourth-order valence-corrected chi connectivity index (χ4v) is 10.4. The highest BCUT2D eigenvalue weighted by atomic mass is 32.1. The van der Waals surface area contributed by atoms with E-state index in [2.05, 4.69) is 50.6 Å². The minimum atomic E-state index is -0.794. The average Bonchev–Trinajstić information content (AvgIpc) is 3.98. The van der Waals surface area contributed by atoms with Gasteiger partial charge in [0.15, 0.2) is 11.6 Å². The van der Waals surface area contributed by atoms with Crippen LogP contribution in [0, 0.1) is 17.6 Å². The van der Waals surface area contributed by atoms with Crippen LogP contribution in [0.25, 0.3) is 31.9 Å². The maximum Gasteiger partial charge on any atom is 0.170 e. The maximum atomic E-state index is 16.5. The van der Waals surface area contributed by atoms with E-state index in [1.807, 2.05) is 0 Å². The summed E-state index contributed by atoms with van der Waals surface area (Å²) in [7, 11) is 0. The van der Waals surface area contributed by atoms with E-state index in [4.69, 9.17) is 10.2 Å². The van der Waals surface area contributed by atoms with Crippen LogP contribution in [-0.4, -0.2) is 15.0 Å². The molecular formula is C50H79F2N3S2. The third-order valence-electron chi connectivity index (χ3n) is 12.0. The van der Waals surface area contributed by atoms with Gasteiger partial charge < -0.3 is 0 Å². The van der Waals surface area contributed by atoms with E-state index in [0.717, 1.165) is 41.9 Å². The summed E-state index contributed by atoms with van der Waals surface area (Å²) in [6.45, 7) is 9.61. The molecule has 0 spiro atoms. The SMILES string of the molecule is CCCCCCCCCCCCc1csc(-c2c(F)c(F)c(-c3cc(CC(CCCCCCCC)CCCCCCCCCC)cs3)c3nn(CCCC)nc23)c1. The highest BCUT2D eigenvalue weighted by Crippen LogP contribution is 2.43. The summed E-state index contributed by atoms with van der Waals surface area (Å²) in [6, 6.07) is 4.20. The number of aromatic nitrogens is 3. The average molecular weight is 824 g/mol. The van der Waals surface area contributed by atoms with Crippen LogP contribution in [0.3, 0.4) is 0 Å². The van der Waals surface area contributed by atoms with Crippen LogP contribution in [0.5, 0.6) is 0 Å². The van der Waals surface area contributed by atoms with Gasteiger partial charge in [0.05, 0.1) is 17.7 Å². The number of hydrogen-bond donors (Lipinski definition) is 0. The highest BCUT2D eigenvalue weighted by molar-refractivity contribution is 7.14. The van der Waals surface area contributed by atoms with Gasteiger partial charge in [-0.25, -0.2) is 8.78 Å². The first kappa shape index (κ1) is 47.6. The Morgan fingerprint density at radius 3 is 1.33 bits per heavy atom. The first-order valence-electron chi connectivity index (χ1n) is 23.9. The molecule has 0 aliphatic heterocycles. The summed E-state index contributed by atoms with van der Waals surface area (Å²) in [5, 5.41) is 14.0. The molecule has 1 aromatic carbocycles. The van der Waals surface area contributed by atoms with E-state index in [-0.39, 0.29) is 11.1 Å². The highest BCUT2D eigenvalue weighted by Gasteiger charge is 2.28. The summed E-state index contributed by atoms with van der Waals surface area (Å²) in [6.07, 6.45) is 38.1. The Hall–Kier alpha value is -2.12. The van der Waals surface area contributed by atoms with Crippen LogP contribution < -0.4 is 0 Å². The molecule has 320 valence electrons. The molecule has 0 aliphatic rings. The van der Waals surface area contributed by atoms with Crippen molar-refractivity contribution in [1.82, 2.24) is 15.0 Å². The number of thiophene rings is 2. The van der Waals surface area contributed by atoms with Gasteiger partial charge in [-0.05, 0) is 65.6 Å². The lowest BCUT2D eigenvalue weighted by Gasteiger charge is -2.16. The smallest absolute Gasteiger partial charge is 0.170 e. The summed E-state index contributed by atoms with van der Waals surface area (Å²) in [5.41, 5.74) is 3.97. The maximum absolute atomic E-state index is 16.5. The second kappa shape index (κ2) is 28.4. The van der Waals surface area contributed by atoms with Crippen molar-refractivity contribution in [2.75, 3.05) is 0 Å². The van der Waals surface area contributed by atoms with Gasteiger partial charge in [-0.2, -0.15) is 15.0 Å². The largest absolute Gasteiger partial charge is 0.203 e. The number of benzene rings is 1. The summed E-state index contributed by atoms with van der Waals surface area (Å²) >= 11 is 3.04. The molecule has 0 bridgehead atoms. The molecule has 1 unspecified atom stereocenters. The third-order valence-corrected chi connectivity index (χ3v) is 14.0. The third kappa shape index (κ3) is 16.5. The molecule has 3 nitrogen and oxygen atoms in total. The lowest BCUT2D eigenvalue weighted by Crippen LogP contribution is -2.05. The van der Waals surface area contributed by atoms with Crippen molar-refractivity contribution in [2.45, 2.75) is 227 Å². The molecule has 0 radical (unpaired) electrons. The molecule has 4 rings (SSSR count). The molecule has 7 heteroatoms. The molecule has 0 N–H and O–H groups in total. The zero-order chi connectivity index (χ0) is 40.5. The van der Waals surface area contributed by atoms with E-state index in [1.54, 1.807) is 4.80 Å². The zero-order valence-electron chi connectivity index (χ0n) is 36.7. The molecular weight excluding hydrogens is 745 g/mol. The molecule has 1 atom stereocenters.